The molecule has 0 radical (unpaired) electrons. The lowest BCUT2D eigenvalue weighted by Crippen LogP contribution is -2.28. The first-order valence-electron chi connectivity index (χ1n) is 8.38. The fourth-order valence-corrected chi connectivity index (χ4v) is 2.27. The van der Waals surface area contributed by atoms with Crippen LogP contribution in [0.4, 0.5) is 5.82 Å². The van der Waals surface area contributed by atoms with Gasteiger partial charge in [-0.05, 0) is 30.5 Å². The molecule has 0 aliphatic rings. The van der Waals surface area contributed by atoms with E-state index in [1.54, 1.807) is 0 Å². The van der Waals surface area contributed by atoms with Gasteiger partial charge in [0.25, 0.3) is 0 Å². The Hall–Kier alpha value is -1.09. The summed E-state index contributed by atoms with van der Waals surface area (Å²) in [6.07, 6.45) is 4.85. The zero-order valence-electron chi connectivity index (χ0n) is 14.6. The zero-order chi connectivity index (χ0) is 15.9. The minimum atomic E-state index is 0.0567. The fraction of sp³-hybridized carbons (Fsp3) is 0.722. The van der Waals surface area contributed by atoms with E-state index in [9.17, 15) is 0 Å². The quantitative estimate of drug-likeness (QED) is 0.778. The third-order valence-electron chi connectivity index (χ3n) is 3.76. The highest BCUT2D eigenvalue weighted by atomic mass is 15.2. The van der Waals surface area contributed by atoms with Gasteiger partial charge in [-0.1, -0.05) is 47.5 Å². The summed E-state index contributed by atoms with van der Waals surface area (Å²) in [5.41, 5.74) is 8.26. The minimum absolute atomic E-state index is 0.0567. The molecule has 1 aromatic rings. The van der Waals surface area contributed by atoms with Gasteiger partial charge in [0.1, 0.15) is 5.82 Å². The van der Waals surface area contributed by atoms with Crippen molar-refractivity contribution in [1.29, 1.82) is 0 Å². The van der Waals surface area contributed by atoms with Gasteiger partial charge < -0.3 is 10.6 Å². The van der Waals surface area contributed by atoms with Gasteiger partial charge in [0.15, 0.2) is 0 Å². The van der Waals surface area contributed by atoms with Gasteiger partial charge in [0, 0.05) is 30.7 Å². The molecule has 0 aromatic carbocycles. The normalized spacial score (nSPS) is 11.7. The molecule has 0 bridgehead atoms. The average Bonchev–Trinajstić information content (AvgIpc) is 2.46. The van der Waals surface area contributed by atoms with Crippen LogP contribution in [0, 0.1) is 0 Å². The SMILES string of the molecule is CCCCN(CCCC)c1cc(CN)cc(C(C)(C)C)n1. The van der Waals surface area contributed by atoms with Gasteiger partial charge in [-0.15, -0.1) is 0 Å². The maximum Gasteiger partial charge on any atom is 0.129 e. The molecule has 0 spiro atoms. The largest absolute Gasteiger partial charge is 0.357 e. The van der Waals surface area contributed by atoms with Crippen LogP contribution in [0.1, 0.15) is 71.6 Å². The lowest BCUT2D eigenvalue weighted by Gasteiger charge is -2.27. The van der Waals surface area contributed by atoms with Crippen LogP contribution < -0.4 is 10.6 Å². The van der Waals surface area contributed by atoms with E-state index in [1.165, 1.54) is 31.2 Å². The molecule has 0 aliphatic heterocycles. The Balaban J connectivity index is 3.09. The fourth-order valence-electron chi connectivity index (χ4n) is 2.27. The molecule has 0 saturated carbocycles. The van der Waals surface area contributed by atoms with Crippen LogP contribution in [-0.2, 0) is 12.0 Å². The molecule has 0 atom stereocenters. The Labute approximate surface area is 130 Å². The molecule has 21 heavy (non-hydrogen) atoms. The topological polar surface area (TPSA) is 42.1 Å². The Morgan fingerprint density at radius 3 is 2.05 bits per heavy atom. The van der Waals surface area contributed by atoms with Crippen LogP contribution in [0.5, 0.6) is 0 Å². The predicted molar refractivity (Wildman–Crippen MR) is 92.9 cm³/mol. The highest BCUT2D eigenvalue weighted by Crippen LogP contribution is 2.25. The van der Waals surface area contributed by atoms with Crippen molar-refractivity contribution < 1.29 is 0 Å². The van der Waals surface area contributed by atoms with E-state index in [0.717, 1.165) is 24.6 Å². The van der Waals surface area contributed by atoms with Crippen molar-refractivity contribution in [3.05, 3.63) is 23.4 Å². The number of unbranched alkanes of at least 4 members (excludes halogenated alkanes) is 2. The summed E-state index contributed by atoms with van der Waals surface area (Å²) >= 11 is 0. The van der Waals surface area contributed by atoms with Crippen molar-refractivity contribution in [1.82, 2.24) is 4.98 Å². The first kappa shape index (κ1) is 18.0. The maximum atomic E-state index is 5.88. The molecule has 3 heteroatoms. The van der Waals surface area contributed by atoms with Crippen LogP contribution >= 0.6 is 0 Å². The number of rotatable bonds is 8. The van der Waals surface area contributed by atoms with Crippen molar-refractivity contribution in [2.45, 2.75) is 72.3 Å². The second kappa shape index (κ2) is 8.38. The van der Waals surface area contributed by atoms with E-state index in [4.69, 9.17) is 10.7 Å². The van der Waals surface area contributed by atoms with E-state index in [2.05, 4.69) is 51.7 Å². The van der Waals surface area contributed by atoms with E-state index >= 15 is 0 Å². The maximum absolute atomic E-state index is 5.88. The number of pyridine rings is 1. The number of hydrogen-bond donors (Lipinski definition) is 1. The monoisotopic (exact) mass is 291 g/mol. The standard InChI is InChI=1S/C18H33N3/c1-6-8-10-21(11-9-7-2)17-13-15(14-19)12-16(20-17)18(3,4)5/h12-13H,6-11,14,19H2,1-5H3. The molecule has 0 fully saturated rings. The molecule has 0 saturated heterocycles. The van der Waals surface area contributed by atoms with Gasteiger partial charge in [-0.2, -0.15) is 0 Å². The molecule has 120 valence electrons. The van der Waals surface area contributed by atoms with E-state index in [-0.39, 0.29) is 5.41 Å². The van der Waals surface area contributed by atoms with Crippen LogP contribution in [0.25, 0.3) is 0 Å². The van der Waals surface area contributed by atoms with Crippen molar-refractivity contribution in [3.8, 4) is 0 Å². The number of aromatic nitrogens is 1. The number of hydrogen-bond acceptors (Lipinski definition) is 3. The molecule has 1 aromatic heterocycles. The first-order valence-corrected chi connectivity index (χ1v) is 8.38. The summed E-state index contributed by atoms with van der Waals surface area (Å²) in [7, 11) is 0. The van der Waals surface area contributed by atoms with Crippen molar-refractivity contribution >= 4 is 5.82 Å². The number of anilines is 1. The lowest BCUT2D eigenvalue weighted by molar-refractivity contribution is 0.564. The van der Waals surface area contributed by atoms with Crippen LogP contribution in [0.2, 0.25) is 0 Å². The Morgan fingerprint density at radius 2 is 1.62 bits per heavy atom. The molecule has 3 nitrogen and oxygen atoms in total. The van der Waals surface area contributed by atoms with Gasteiger partial charge in [0.2, 0.25) is 0 Å². The molecular weight excluding hydrogens is 258 g/mol. The van der Waals surface area contributed by atoms with Crippen molar-refractivity contribution in [3.63, 3.8) is 0 Å². The van der Waals surface area contributed by atoms with Gasteiger partial charge in [-0.3, -0.25) is 0 Å². The van der Waals surface area contributed by atoms with Gasteiger partial charge >= 0.3 is 0 Å². The van der Waals surface area contributed by atoms with Gasteiger partial charge in [0.05, 0.1) is 0 Å². The third-order valence-corrected chi connectivity index (χ3v) is 3.76. The predicted octanol–water partition coefficient (Wildman–Crippen LogP) is 4.24. The summed E-state index contributed by atoms with van der Waals surface area (Å²) < 4.78 is 0. The Kier molecular flexibility index (Phi) is 7.16. The molecule has 1 heterocycles. The van der Waals surface area contributed by atoms with Crippen molar-refractivity contribution in [2.24, 2.45) is 5.73 Å². The minimum Gasteiger partial charge on any atom is -0.357 e. The third kappa shape index (κ3) is 5.66. The zero-order valence-corrected chi connectivity index (χ0v) is 14.6. The second-order valence-electron chi connectivity index (χ2n) is 6.87. The molecule has 1 rings (SSSR count). The number of nitrogens with zero attached hydrogens (tertiary/aromatic N) is 2. The van der Waals surface area contributed by atoms with E-state index in [1.807, 2.05) is 0 Å². The first-order chi connectivity index (χ1) is 9.92. The lowest BCUT2D eigenvalue weighted by atomic mass is 9.90. The highest BCUT2D eigenvalue weighted by Gasteiger charge is 2.18. The van der Waals surface area contributed by atoms with Gasteiger partial charge in [-0.25, -0.2) is 4.98 Å². The van der Waals surface area contributed by atoms with E-state index < -0.39 is 0 Å². The molecule has 0 aliphatic carbocycles. The summed E-state index contributed by atoms with van der Waals surface area (Å²) in [6.45, 7) is 13.9. The average molecular weight is 291 g/mol. The molecule has 0 unspecified atom stereocenters. The summed E-state index contributed by atoms with van der Waals surface area (Å²) in [6, 6.07) is 4.32. The van der Waals surface area contributed by atoms with Crippen molar-refractivity contribution in [2.75, 3.05) is 18.0 Å². The van der Waals surface area contributed by atoms with E-state index in [0.29, 0.717) is 6.54 Å². The molecule has 2 N–H and O–H groups in total. The molecular formula is C18H33N3. The summed E-state index contributed by atoms with van der Waals surface area (Å²) in [5.74, 6) is 1.10. The van der Waals surface area contributed by atoms with Crippen LogP contribution in [0.15, 0.2) is 12.1 Å². The smallest absolute Gasteiger partial charge is 0.129 e. The number of nitrogens with two attached hydrogens (primary N) is 1. The summed E-state index contributed by atoms with van der Waals surface area (Å²) in [5, 5.41) is 0. The summed E-state index contributed by atoms with van der Waals surface area (Å²) in [4.78, 5) is 7.36. The van der Waals surface area contributed by atoms with Crippen LogP contribution in [-0.4, -0.2) is 18.1 Å². The molecule has 0 amide bonds. The Morgan fingerprint density at radius 1 is 1.05 bits per heavy atom. The second-order valence-corrected chi connectivity index (χ2v) is 6.87. The highest BCUT2D eigenvalue weighted by molar-refractivity contribution is 5.44. The Bertz CT molecular complexity index is 413. The van der Waals surface area contributed by atoms with Crippen LogP contribution in [0.3, 0.4) is 0 Å².